The lowest BCUT2D eigenvalue weighted by atomic mass is 10.2. The van der Waals surface area contributed by atoms with Crippen molar-refractivity contribution in [3.8, 4) is 23.0 Å². The maximum Gasteiger partial charge on any atom is 0.217 e. The summed E-state index contributed by atoms with van der Waals surface area (Å²) in [5.74, 6) is 1.42. The molecular formula is C16H21N3O2. The molecule has 0 aliphatic heterocycles. The normalized spacial score (nSPS) is 10.9. The number of hydrogen-bond donors (Lipinski definition) is 1. The molecule has 5 nitrogen and oxygen atoms in total. The van der Waals surface area contributed by atoms with Gasteiger partial charge in [-0.1, -0.05) is 0 Å². The van der Waals surface area contributed by atoms with E-state index in [0.29, 0.717) is 18.3 Å². The average Bonchev–Trinajstić information content (AvgIpc) is 2.43. The van der Waals surface area contributed by atoms with Gasteiger partial charge in [-0.2, -0.15) is 4.98 Å². The van der Waals surface area contributed by atoms with E-state index in [-0.39, 0.29) is 5.75 Å². The molecule has 0 unspecified atom stereocenters. The molecule has 0 saturated carbocycles. The van der Waals surface area contributed by atoms with Crippen molar-refractivity contribution in [3.05, 3.63) is 36.0 Å². The van der Waals surface area contributed by atoms with Gasteiger partial charge >= 0.3 is 0 Å². The number of ether oxygens (including phenoxy) is 1. The molecule has 112 valence electrons. The van der Waals surface area contributed by atoms with Crippen LogP contribution in [0.15, 0.2) is 30.3 Å². The molecule has 0 saturated heterocycles. The van der Waals surface area contributed by atoms with E-state index < -0.39 is 0 Å². The van der Waals surface area contributed by atoms with Crippen LogP contribution in [-0.2, 0) is 0 Å². The molecule has 1 heterocycles. The van der Waals surface area contributed by atoms with Gasteiger partial charge in [-0.3, -0.25) is 0 Å². The number of aryl methyl sites for hydroxylation is 1. The van der Waals surface area contributed by atoms with Crippen LogP contribution >= 0.6 is 0 Å². The van der Waals surface area contributed by atoms with Crippen LogP contribution in [0, 0.1) is 6.92 Å². The highest BCUT2D eigenvalue weighted by Gasteiger charge is 2.06. The van der Waals surface area contributed by atoms with Gasteiger partial charge in [0.25, 0.3) is 0 Å². The first-order chi connectivity index (χ1) is 10.0. The maximum atomic E-state index is 9.33. The monoisotopic (exact) mass is 287 g/mol. The lowest BCUT2D eigenvalue weighted by molar-refractivity contribution is 0.273. The largest absolute Gasteiger partial charge is 0.508 e. The van der Waals surface area contributed by atoms with Crippen molar-refractivity contribution >= 4 is 0 Å². The maximum absolute atomic E-state index is 9.33. The Kier molecular flexibility index (Phi) is 5.11. The summed E-state index contributed by atoms with van der Waals surface area (Å²) in [4.78, 5) is 11.0. The number of hydrogen-bond acceptors (Lipinski definition) is 5. The molecule has 2 rings (SSSR count). The summed E-state index contributed by atoms with van der Waals surface area (Å²) >= 11 is 0. The molecular weight excluding hydrogens is 266 g/mol. The molecule has 5 heteroatoms. The standard InChI is InChI=1S/C16H21N3O2/c1-12-11-15(21-10-4-9-19(2)3)18-16(17-12)13-5-7-14(20)8-6-13/h5-8,11,20H,4,9-10H2,1-3H3. The number of phenols is 1. The average molecular weight is 287 g/mol. The summed E-state index contributed by atoms with van der Waals surface area (Å²) < 4.78 is 5.70. The van der Waals surface area contributed by atoms with Gasteiger partial charge in [0.05, 0.1) is 6.61 Å². The lowest BCUT2D eigenvalue weighted by Crippen LogP contribution is -2.15. The molecule has 1 aromatic heterocycles. The fourth-order valence-electron chi connectivity index (χ4n) is 1.91. The second-order valence-corrected chi connectivity index (χ2v) is 5.22. The number of rotatable bonds is 6. The zero-order valence-corrected chi connectivity index (χ0v) is 12.7. The Hall–Kier alpha value is -2.14. The van der Waals surface area contributed by atoms with E-state index in [1.807, 2.05) is 27.1 Å². The summed E-state index contributed by atoms with van der Waals surface area (Å²) in [6, 6.07) is 8.66. The van der Waals surface area contributed by atoms with E-state index in [1.54, 1.807) is 24.3 Å². The van der Waals surface area contributed by atoms with Crippen LogP contribution in [0.25, 0.3) is 11.4 Å². The smallest absolute Gasteiger partial charge is 0.217 e. The van der Waals surface area contributed by atoms with E-state index >= 15 is 0 Å². The second kappa shape index (κ2) is 7.04. The highest BCUT2D eigenvalue weighted by Crippen LogP contribution is 2.21. The molecule has 0 bridgehead atoms. The van der Waals surface area contributed by atoms with E-state index in [2.05, 4.69) is 14.9 Å². The molecule has 1 aromatic carbocycles. The highest BCUT2D eigenvalue weighted by atomic mass is 16.5. The molecule has 0 fully saturated rings. The van der Waals surface area contributed by atoms with Crippen molar-refractivity contribution in [2.24, 2.45) is 0 Å². The third kappa shape index (κ3) is 4.72. The first-order valence-electron chi connectivity index (χ1n) is 6.97. The number of phenolic OH excluding ortho intramolecular Hbond substituents is 1. The van der Waals surface area contributed by atoms with Crippen LogP contribution in [0.1, 0.15) is 12.1 Å². The fourth-order valence-corrected chi connectivity index (χ4v) is 1.91. The van der Waals surface area contributed by atoms with E-state index in [0.717, 1.165) is 24.2 Å². The van der Waals surface area contributed by atoms with Gasteiger partial charge in [-0.05, 0) is 51.7 Å². The Balaban J connectivity index is 2.08. The molecule has 0 aliphatic carbocycles. The number of aromatic hydroxyl groups is 1. The number of nitrogens with zero attached hydrogens (tertiary/aromatic N) is 3. The van der Waals surface area contributed by atoms with Gasteiger partial charge < -0.3 is 14.7 Å². The van der Waals surface area contributed by atoms with Crippen molar-refractivity contribution in [2.75, 3.05) is 27.2 Å². The van der Waals surface area contributed by atoms with Gasteiger partial charge in [0, 0.05) is 23.9 Å². The van der Waals surface area contributed by atoms with Gasteiger partial charge in [0.15, 0.2) is 5.82 Å². The summed E-state index contributed by atoms with van der Waals surface area (Å²) in [6.45, 7) is 3.52. The van der Waals surface area contributed by atoms with Crippen molar-refractivity contribution in [2.45, 2.75) is 13.3 Å². The molecule has 0 amide bonds. The minimum Gasteiger partial charge on any atom is -0.508 e. The van der Waals surface area contributed by atoms with Gasteiger partial charge in [-0.25, -0.2) is 4.98 Å². The third-order valence-corrected chi connectivity index (χ3v) is 2.96. The quantitative estimate of drug-likeness (QED) is 0.827. The number of aromatic nitrogens is 2. The van der Waals surface area contributed by atoms with Crippen LogP contribution in [0.2, 0.25) is 0 Å². The summed E-state index contributed by atoms with van der Waals surface area (Å²) in [5.41, 5.74) is 1.71. The van der Waals surface area contributed by atoms with Crippen LogP contribution in [0.3, 0.4) is 0 Å². The molecule has 0 atom stereocenters. The predicted octanol–water partition coefficient (Wildman–Crippen LogP) is 2.49. The third-order valence-electron chi connectivity index (χ3n) is 2.96. The molecule has 0 spiro atoms. The number of benzene rings is 1. The summed E-state index contributed by atoms with van der Waals surface area (Å²) in [7, 11) is 4.08. The predicted molar refractivity (Wildman–Crippen MR) is 82.5 cm³/mol. The van der Waals surface area contributed by atoms with Crippen LogP contribution in [0.4, 0.5) is 0 Å². The van der Waals surface area contributed by atoms with Crippen molar-refractivity contribution in [1.29, 1.82) is 0 Å². The van der Waals surface area contributed by atoms with Crippen LogP contribution in [0.5, 0.6) is 11.6 Å². The van der Waals surface area contributed by atoms with Crippen LogP contribution in [-0.4, -0.2) is 47.2 Å². The molecule has 0 radical (unpaired) electrons. The summed E-state index contributed by atoms with van der Waals surface area (Å²) in [6.07, 6.45) is 0.949. The Bertz CT molecular complexity index is 583. The summed E-state index contributed by atoms with van der Waals surface area (Å²) in [5, 5.41) is 9.33. The van der Waals surface area contributed by atoms with Gasteiger partial charge in [0.2, 0.25) is 5.88 Å². The van der Waals surface area contributed by atoms with Crippen molar-refractivity contribution in [3.63, 3.8) is 0 Å². The zero-order chi connectivity index (χ0) is 15.2. The Morgan fingerprint density at radius 1 is 1.14 bits per heavy atom. The minimum absolute atomic E-state index is 0.228. The van der Waals surface area contributed by atoms with Crippen molar-refractivity contribution in [1.82, 2.24) is 14.9 Å². The first kappa shape index (κ1) is 15.3. The Morgan fingerprint density at radius 3 is 2.52 bits per heavy atom. The highest BCUT2D eigenvalue weighted by molar-refractivity contribution is 5.56. The fraction of sp³-hybridized carbons (Fsp3) is 0.375. The Morgan fingerprint density at radius 2 is 1.86 bits per heavy atom. The zero-order valence-electron chi connectivity index (χ0n) is 12.7. The Labute approximate surface area is 125 Å². The SMILES string of the molecule is Cc1cc(OCCCN(C)C)nc(-c2ccc(O)cc2)n1. The van der Waals surface area contributed by atoms with Gasteiger partial charge in [-0.15, -0.1) is 0 Å². The van der Waals surface area contributed by atoms with Gasteiger partial charge in [0.1, 0.15) is 5.75 Å². The van der Waals surface area contributed by atoms with Crippen molar-refractivity contribution < 1.29 is 9.84 Å². The molecule has 2 aromatic rings. The van der Waals surface area contributed by atoms with Crippen LogP contribution < -0.4 is 4.74 Å². The van der Waals surface area contributed by atoms with E-state index in [9.17, 15) is 5.11 Å². The lowest BCUT2D eigenvalue weighted by Gasteiger charge is -2.11. The van der Waals surface area contributed by atoms with E-state index in [1.165, 1.54) is 0 Å². The van der Waals surface area contributed by atoms with E-state index in [4.69, 9.17) is 4.74 Å². The molecule has 0 aliphatic rings. The molecule has 1 N–H and O–H groups in total. The molecule has 21 heavy (non-hydrogen) atoms. The first-order valence-corrected chi connectivity index (χ1v) is 6.97. The second-order valence-electron chi connectivity index (χ2n) is 5.22. The topological polar surface area (TPSA) is 58.5 Å². The minimum atomic E-state index is 0.228.